The molecular weight excluding hydrogens is 333 g/mol. The Hall–Kier alpha value is -3.02. The number of benzene rings is 2. The predicted molar refractivity (Wildman–Crippen MR) is 98.3 cm³/mol. The molecule has 1 aromatic heterocycles. The van der Waals surface area contributed by atoms with Crippen molar-refractivity contribution in [2.24, 2.45) is 0 Å². The fraction of sp³-hybridized carbons (Fsp3) is 0.250. The van der Waals surface area contributed by atoms with E-state index in [1.807, 2.05) is 24.3 Å². The lowest BCUT2D eigenvalue weighted by atomic mass is 10.1. The zero-order valence-electron chi connectivity index (χ0n) is 14.8. The molecule has 3 rings (SSSR count). The van der Waals surface area contributed by atoms with Crippen molar-refractivity contribution in [3.63, 3.8) is 0 Å². The maximum atomic E-state index is 13.2. The number of carbonyl (C=O) groups excluding carboxylic acids is 1. The number of likely N-dealkylation sites (N-methyl/N-ethyl adjacent to an activating group) is 1. The van der Waals surface area contributed by atoms with Crippen molar-refractivity contribution in [2.45, 2.75) is 26.4 Å². The van der Waals surface area contributed by atoms with Gasteiger partial charge in [-0.3, -0.25) is 14.2 Å². The van der Waals surface area contributed by atoms with E-state index < -0.39 is 5.82 Å². The van der Waals surface area contributed by atoms with E-state index in [1.165, 1.54) is 34.7 Å². The van der Waals surface area contributed by atoms with Gasteiger partial charge in [0.25, 0.3) is 5.56 Å². The molecule has 0 atom stereocenters. The predicted octanol–water partition coefficient (Wildman–Crippen LogP) is 2.76. The number of aromatic nitrogens is 2. The quantitative estimate of drug-likeness (QED) is 0.709. The van der Waals surface area contributed by atoms with Gasteiger partial charge in [0.05, 0.1) is 17.2 Å². The van der Waals surface area contributed by atoms with Crippen molar-refractivity contribution < 1.29 is 9.18 Å². The van der Waals surface area contributed by atoms with Crippen LogP contribution in [-0.2, 0) is 24.3 Å². The molecule has 0 unspecified atom stereocenters. The number of nitrogens with zero attached hydrogens (tertiary/aromatic N) is 3. The van der Waals surface area contributed by atoms with Crippen LogP contribution in [-0.4, -0.2) is 27.4 Å². The summed E-state index contributed by atoms with van der Waals surface area (Å²) in [5.74, 6) is -0.651. The van der Waals surface area contributed by atoms with Crippen LogP contribution < -0.4 is 5.56 Å². The van der Waals surface area contributed by atoms with E-state index in [0.717, 1.165) is 12.0 Å². The molecule has 26 heavy (non-hydrogen) atoms. The third kappa shape index (κ3) is 3.79. The summed E-state index contributed by atoms with van der Waals surface area (Å²) in [4.78, 5) is 30.6. The first kappa shape index (κ1) is 17.8. The molecule has 0 aliphatic carbocycles. The van der Waals surface area contributed by atoms with Gasteiger partial charge >= 0.3 is 0 Å². The highest BCUT2D eigenvalue weighted by atomic mass is 19.1. The van der Waals surface area contributed by atoms with Crippen LogP contribution in [0.15, 0.2) is 53.6 Å². The fourth-order valence-corrected chi connectivity index (χ4v) is 2.75. The summed E-state index contributed by atoms with van der Waals surface area (Å²) in [6, 6.07) is 11.9. The summed E-state index contributed by atoms with van der Waals surface area (Å²) in [6.45, 7) is 2.45. The zero-order valence-corrected chi connectivity index (χ0v) is 14.8. The van der Waals surface area contributed by atoms with Gasteiger partial charge in [-0.25, -0.2) is 9.37 Å². The SMILES string of the molecule is CCc1ccc(CN(C)C(=O)Cn2cnc3cc(F)ccc3c2=O)cc1. The average molecular weight is 353 g/mol. The molecule has 0 bridgehead atoms. The Labute approximate surface area is 150 Å². The highest BCUT2D eigenvalue weighted by Gasteiger charge is 2.13. The summed E-state index contributed by atoms with van der Waals surface area (Å²) in [5.41, 5.74) is 2.19. The summed E-state index contributed by atoms with van der Waals surface area (Å²) in [7, 11) is 1.70. The average Bonchev–Trinajstić information content (AvgIpc) is 2.64. The topological polar surface area (TPSA) is 55.2 Å². The minimum atomic E-state index is -0.452. The Bertz CT molecular complexity index is 996. The van der Waals surface area contributed by atoms with E-state index in [0.29, 0.717) is 11.9 Å². The van der Waals surface area contributed by atoms with Crippen LogP contribution in [0.5, 0.6) is 0 Å². The van der Waals surface area contributed by atoms with Crippen molar-refractivity contribution in [1.82, 2.24) is 14.5 Å². The maximum absolute atomic E-state index is 13.2. The molecule has 3 aromatic rings. The Kier molecular flexibility index (Phi) is 5.11. The van der Waals surface area contributed by atoms with Gasteiger partial charge < -0.3 is 4.90 Å². The first-order valence-electron chi connectivity index (χ1n) is 8.44. The van der Waals surface area contributed by atoms with Crippen LogP contribution >= 0.6 is 0 Å². The first-order chi connectivity index (χ1) is 12.5. The summed E-state index contributed by atoms with van der Waals surface area (Å²) < 4.78 is 14.5. The van der Waals surface area contributed by atoms with Crippen LogP contribution in [0.4, 0.5) is 4.39 Å². The third-order valence-electron chi connectivity index (χ3n) is 4.37. The number of carbonyl (C=O) groups is 1. The van der Waals surface area contributed by atoms with Gasteiger partial charge in [0.15, 0.2) is 0 Å². The van der Waals surface area contributed by atoms with Crippen LogP contribution in [0.1, 0.15) is 18.1 Å². The minimum absolute atomic E-state index is 0.108. The van der Waals surface area contributed by atoms with Crippen LogP contribution in [0.2, 0.25) is 0 Å². The number of halogens is 1. The molecule has 0 N–H and O–H groups in total. The summed E-state index contributed by atoms with van der Waals surface area (Å²) in [6.07, 6.45) is 2.25. The standard InChI is InChI=1S/C20H20FN3O2/c1-3-14-4-6-15(7-5-14)11-23(2)19(25)12-24-13-22-18-10-16(21)8-9-17(18)20(24)26/h4-10,13H,3,11-12H2,1-2H3. The van der Waals surface area contributed by atoms with Gasteiger partial charge in [-0.2, -0.15) is 0 Å². The third-order valence-corrected chi connectivity index (χ3v) is 4.37. The Morgan fingerprint density at radius 1 is 1.15 bits per heavy atom. The van der Waals surface area contributed by atoms with Crippen LogP contribution in [0.25, 0.3) is 10.9 Å². The van der Waals surface area contributed by atoms with E-state index in [1.54, 1.807) is 11.9 Å². The summed E-state index contributed by atoms with van der Waals surface area (Å²) in [5, 5.41) is 0.291. The number of aryl methyl sites for hydroxylation is 1. The van der Waals surface area contributed by atoms with E-state index in [9.17, 15) is 14.0 Å². The van der Waals surface area contributed by atoms with Crippen molar-refractivity contribution >= 4 is 16.8 Å². The molecule has 5 nitrogen and oxygen atoms in total. The minimum Gasteiger partial charge on any atom is -0.340 e. The van der Waals surface area contributed by atoms with E-state index >= 15 is 0 Å². The Morgan fingerprint density at radius 3 is 2.54 bits per heavy atom. The molecule has 6 heteroatoms. The lowest BCUT2D eigenvalue weighted by Gasteiger charge is -2.18. The van der Waals surface area contributed by atoms with Crippen molar-refractivity contribution in [3.05, 3.63) is 76.1 Å². The Balaban J connectivity index is 1.74. The molecule has 2 aromatic carbocycles. The second-order valence-corrected chi connectivity index (χ2v) is 6.26. The van der Waals surface area contributed by atoms with Crippen molar-refractivity contribution in [1.29, 1.82) is 0 Å². The number of amides is 1. The van der Waals surface area contributed by atoms with Gasteiger partial charge in [-0.05, 0) is 29.7 Å². The number of fused-ring (bicyclic) bond motifs is 1. The fourth-order valence-electron chi connectivity index (χ4n) is 2.75. The highest BCUT2D eigenvalue weighted by Crippen LogP contribution is 2.10. The molecule has 0 fully saturated rings. The second kappa shape index (κ2) is 7.47. The molecule has 1 amide bonds. The van der Waals surface area contributed by atoms with Gasteiger partial charge in [0, 0.05) is 19.7 Å². The van der Waals surface area contributed by atoms with Gasteiger partial charge in [-0.1, -0.05) is 31.2 Å². The number of rotatable bonds is 5. The largest absolute Gasteiger partial charge is 0.340 e. The number of hydrogen-bond donors (Lipinski definition) is 0. The molecular formula is C20H20FN3O2. The zero-order chi connectivity index (χ0) is 18.7. The Morgan fingerprint density at radius 2 is 1.85 bits per heavy atom. The van der Waals surface area contributed by atoms with Gasteiger partial charge in [0.1, 0.15) is 12.4 Å². The van der Waals surface area contributed by atoms with E-state index in [2.05, 4.69) is 11.9 Å². The van der Waals surface area contributed by atoms with Gasteiger partial charge in [0.2, 0.25) is 5.91 Å². The van der Waals surface area contributed by atoms with Crippen LogP contribution in [0.3, 0.4) is 0 Å². The highest BCUT2D eigenvalue weighted by molar-refractivity contribution is 5.79. The smallest absolute Gasteiger partial charge is 0.261 e. The molecule has 134 valence electrons. The van der Waals surface area contributed by atoms with Crippen LogP contribution in [0, 0.1) is 5.82 Å². The molecule has 0 saturated heterocycles. The molecule has 0 saturated carbocycles. The van der Waals surface area contributed by atoms with Crippen molar-refractivity contribution in [3.8, 4) is 0 Å². The lowest BCUT2D eigenvalue weighted by Crippen LogP contribution is -2.33. The lowest BCUT2D eigenvalue weighted by molar-refractivity contribution is -0.131. The second-order valence-electron chi connectivity index (χ2n) is 6.26. The van der Waals surface area contributed by atoms with E-state index in [4.69, 9.17) is 0 Å². The van der Waals surface area contributed by atoms with Gasteiger partial charge in [-0.15, -0.1) is 0 Å². The molecule has 0 aliphatic rings. The first-order valence-corrected chi connectivity index (χ1v) is 8.44. The normalized spacial score (nSPS) is 10.9. The molecule has 0 radical (unpaired) electrons. The molecule has 0 aliphatic heterocycles. The van der Waals surface area contributed by atoms with Crippen molar-refractivity contribution in [2.75, 3.05) is 7.05 Å². The maximum Gasteiger partial charge on any atom is 0.261 e. The molecule has 1 heterocycles. The number of hydrogen-bond acceptors (Lipinski definition) is 3. The molecule has 0 spiro atoms. The summed E-state index contributed by atoms with van der Waals surface area (Å²) >= 11 is 0. The monoisotopic (exact) mass is 353 g/mol. The van der Waals surface area contributed by atoms with E-state index in [-0.39, 0.29) is 23.5 Å².